The highest BCUT2D eigenvalue weighted by Crippen LogP contribution is 2.22. The van der Waals surface area contributed by atoms with Gasteiger partial charge in [0.25, 0.3) is 0 Å². The Morgan fingerprint density at radius 2 is 2.22 bits per heavy atom. The van der Waals surface area contributed by atoms with Crippen molar-refractivity contribution in [3.63, 3.8) is 0 Å². The molecule has 0 saturated carbocycles. The SMILES string of the molecule is COc1cccc([C@H](C)NCc2sccc2N)c1. The lowest BCUT2D eigenvalue weighted by molar-refractivity contribution is 0.413. The maximum atomic E-state index is 5.86. The van der Waals surface area contributed by atoms with Gasteiger partial charge in [-0.3, -0.25) is 0 Å². The molecule has 0 amide bonds. The van der Waals surface area contributed by atoms with E-state index in [2.05, 4.69) is 24.4 Å². The molecule has 3 nitrogen and oxygen atoms in total. The predicted molar refractivity (Wildman–Crippen MR) is 77.0 cm³/mol. The minimum Gasteiger partial charge on any atom is -0.497 e. The minimum atomic E-state index is 0.265. The van der Waals surface area contributed by atoms with Gasteiger partial charge in [-0.2, -0.15) is 0 Å². The van der Waals surface area contributed by atoms with Gasteiger partial charge >= 0.3 is 0 Å². The van der Waals surface area contributed by atoms with Gasteiger partial charge in [-0.05, 0) is 36.1 Å². The lowest BCUT2D eigenvalue weighted by Crippen LogP contribution is -2.18. The third-order valence-corrected chi connectivity index (χ3v) is 3.88. The minimum absolute atomic E-state index is 0.265. The summed E-state index contributed by atoms with van der Waals surface area (Å²) in [7, 11) is 1.68. The average Bonchev–Trinajstić information content (AvgIpc) is 2.81. The standard InChI is InChI=1S/C14H18N2OS/c1-10(11-4-3-5-12(8-11)17-2)16-9-14-13(15)6-7-18-14/h3-8,10,16H,9,15H2,1-2H3/t10-/m0/s1. The van der Waals surface area contributed by atoms with Crippen molar-refractivity contribution in [2.45, 2.75) is 19.5 Å². The first-order chi connectivity index (χ1) is 8.70. The molecule has 1 heterocycles. The quantitative estimate of drug-likeness (QED) is 0.870. The highest BCUT2D eigenvalue weighted by atomic mass is 32.1. The number of anilines is 1. The lowest BCUT2D eigenvalue weighted by Gasteiger charge is -2.14. The fraction of sp³-hybridized carbons (Fsp3) is 0.286. The first-order valence-corrected chi connectivity index (χ1v) is 6.78. The van der Waals surface area contributed by atoms with Crippen LogP contribution in [0.25, 0.3) is 0 Å². The first kappa shape index (κ1) is 12.9. The summed E-state index contributed by atoms with van der Waals surface area (Å²) < 4.78 is 5.23. The van der Waals surface area contributed by atoms with Crippen LogP contribution in [-0.2, 0) is 6.54 Å². The van der Waals surface area contributed by atoms with Crippen molar-refractivity contribution in [2.75, 3.05) is 12.8 Å². The van der Waals surface area contributed by atoms with Gasteiger partial charge in [0.15, 0.2) is 0 Å². The van der Waals surface area contributed by atoms with Crippen LogP contribution in [0.15, 0.2) is 35.7 Å². The van der Waals surface area contributed by atoms with E-state index in [1.807, 2.05) is 23.6 Å². The number of ether oxygens (including phenoxy) is 1. The van der Waals surface area contributed by atoms with Crippen molar-refractivity contribution in [1.82, 2.24) is 5.32 Å². The summed E-state index contributed by atoms with van der Waals surface area (Å²) in [4.78, 5) is 1.18. The number of nitrogens with one attached hydrogen (secondary N) is 1. The predicted octanol–water partition coefficient (Wildman–Crippen LogP) is 3.19. The summed E-state index contributed by atoms with van der Waals surface area (Å²) in [5.74, 6) is 0.886. The molecule has 1 aromatic carbocycles. The van der Waals surface area contributed by atoms with Crippen molar-refractivity contribution < 1.29 is 4.74 Å². The van der Waals surface area contributed by atoms with Crippen LogP contribution in [0, 0.1) is 0 Å². The molecule has 0 saturated heterocycles. The van der Waals surface area contributed by atoms with Gasteiger partial charge in [-0.1, -0.05) is 12.1 Å². The van der Waals surface area contributed by atoms with E-state index in [4.69, 9.17) is 10.5 Å². The molecule has 0 spiro atoms. The van der Waals surface area contributed by atoms with Crippen molar-refractivity contribution in [3.8, 4) is 5.75 Å². The van der Waals surface area contributed by atoms with Gasteiger partial charge in [0.1, 0.15) is 5.75 Å². The molecule has 0 aliphatic carbocycles. The van der Waals surface area contributed by atoms with E-state index >= 15 is 0 Å². The van der Waals surface area contributed by atoms with Gasteiger partial charge in [-0.25, -0.2) is 0 Å². The average molecular weight is 262 g/mol. The monoisotopic (exact) mass is 262 g/mol. The number of methoxy groups -OCH3 is 1. The number of nitrogens with two attached hydrogens (primary N) is 1. The molecule has 0 aliphatic heterocycles. The smallest absolute Gasteiger partial charge is 0.119 e. The number of hydrogen-bond acceptors (Lipinski definition) is 4. The summed E-state index contributed by atoms with van der Waals surface area (Å²) in [5.41, 5.74) is 7.94. The Morgan fingerprint density at radius 3 is 2.89 bits per heavy atom. The number of benzene rings is 1. The molecule has 0 fully saturated rings. The van der Waals surface area contributed by atoms with E-state index in [1.165, 1.54) is 10.4 Å². The van der Waals surface area contributed by atoms with Crippen LogP contribution in [0.4, 0.5) is 5.69 Å². The van der Waals surface area contributed by atoms with Crippen LogP contribution in [0.1, 0.15) is 23.4 Å². The van der Waals surface area contributed by atoms with E-state index in [-0.39, 0.29) is 6.04 Å². The van der Waals surface area contributed by atoms with Crippen LogP contribution in [0.2, 0.25) is 0 Å². The zero-order valence-electron chi connectivity index (χ0n) is 10.6. The van der Waals surface area contributed by atoms with Crippen LogP contribution in [0.5, 0.6) is 5.75 Å². The summed E-state index contributed by atoms with van der Waals surface area (Å²) in [6, 6.07) is 10.3. The number of thiophene rings is 1. The Labute approximate surface area is 112 Å². The summed E-state index contributed by atoms with van der Waals surface area (Å²) in [6.45, 7) is 2.93. The fourth-order valence-corrected chi connectivity index (χ4v) is 2.52. The van der Waals surface area contributed by atoms with Crippen LogP contribution in [0.3, 0.4) is 0 Å². The Kier molecular flexibility index (Phi) is 4.23. The second kappa shape index (κ2) is 5.89. The molecule has 2 aromatic rings. The molecule has 1 aromatic heterocycles. The van der Waals surface area contributed by atoms with Crippen molar-refractivity contribution in [2.24, 2.45) is 0 Å². The van der Waals surface area contributed by atoms with E-state index in [0.29, 0.717) is 0 Å². The molecule has 3 N–H and O–H groups in total. The summed E-state index contributed by atoms with van der Waals surface area (Å²) in [6.07, 6.45) is 0. The number of nitrogen functional groups attached to an aromatic ring is 1. The highest BCUT2D eigenvalue weighted by Gasteiger charge is 2.07. The second-order valence-electron chi connectivity index (χ2n) is 4.18. The van der Waals surface area contributed by atoms with Crippen molar-refractivity contribution in [1.29, 1.82) is 0 Å². The fourth-order valence-electron chi connectivity index (χ4n) is 1.77. The molecule has 2 rings (SSSR count). The zero-order valence-corrected chi connectivity index (χ0v) is 11.5. The highest BCUT2D eigenvalue weighted by molar-refractivity contribution is 7.10. The maximum Gasteiger partial charge on any atom is 0.119 e. The molecule has 1 atom stereocenters. The molecule has 4 heteroatoms. The van der Waals surface area contributed by atoms with Crippen molar-refractivity contribution >= 4 is 17.0 Å². The Bertz CT molecular complexity index is 510. The van der Waals surface area contributed by atoms with Gasteiger partial charge < -0.3 is 15.8 Å². The molecule has 18 heavy (non-hydrogen) atoms. The Balaban J connectivity index is 1.99. The number of rotatable bonds is 5. The molecular formula is C14H18N2OS. The molecular weight excluding hydrogens is 244 g/mol. The Morgan fingerprint density at radius 1 is 1.39 bits per heavy atom. The molecule has 0 aliphatic rings. The number of hydrogen-bond donors (Lipinski definition) is 2. The van der Waals surface area contributed by atoms with E-state index in [0.717, 1.165) is 18.0 Å². The van der Waals surface area contributed by atoms with Crippen LogP contribution in [-0.4, -0.2) is 7.11 Å². The van der Waals surface area contributed by atoms with Crippen LogP contribution >= 0.6 is 11.3 Å². The lowest BCUT2D eigenvalue weighted by atomic mass is 10.1. The van der Waals surface area contributed by atoms with E-state index in [1.54, 1.807) is 18.4 Å². The van der Waals surface area contributed by atoms with Gasteiger partial charge in [0.05, 0.1) is 7.11 Å². The van der Waals surface area contributed by atoms with Crippen molar-refractivity contribution in [3.05, 3.63) is 46.2 Å². The van der Waals surface area contributed by atoms with Crippen LogP contribution < -0.4 is 15.8 Å². The molecule has 0 bridgehead atoms. The van der Waals surface area contributed by atoms with Gasteiger partial charge in [-0.15, -0.1) is 11.3 Å². The maximum absolute atomic E-state index is 5.86. The largest absolute Gasteiger partial charge is 0.497 e. The third kappa shape index (κ3) is 3.03. The van der Waals surface area contributed by atoms with Gasteiger partial charge in [0, 0.05) is 23.2 Å². The Hall–Kier alpha value is -1.52. The molecule has 96 valence electrons. The topological polar surface area (TPSA) is 47.3 Å². The normalized spacial score (nSPS) is 12.3. The second-order valence-corrected chi connectivity index (χ2v) is 5.18. The third-order valence-electron chi connectivity index (χ3n) is 2.94. The molecule has 0 radical (unpaired) electrons. The van der Waals surface area contributed by atoms with E-state index < -0.39 is 0 Å². The van der Waals surface area contributed by atoms with Gasteiger partial charge in [0.2, 0.25) is 0 Å². The summed E-state index contributed by atoms with van der Waals surface area (Å²) in [5, 5.41) is 5.48. The zero-order chi connectivity index (χ0) is 13.0. The first-order valence-electron chi connectivity index (χ1n) is 5.90. The molecule has 0 unspecified atom stereocenters. The van der Waals surface area contributed by atoms with E-state index in [9.17, 15) is 0 Å². The summed E-state index contributed by atoms with van der Waals surface area (Å²) >= 11 is 1.68.